The molecule has 0 spiro atoms. The molecule has 0 bridgehead atoms. The van der Waals surface area contributed by atoms with Gasteiger partial charge in [0.25, 0.3) is 0 Å². The molecule has 4 heteroatoms. The molecule has 1 amide bonds. The Balaban J connectivity index is 1.22. The van der Waals surface area contributed by atoms with Crippen LogP contribution in [0.4, 0.5) is 0 Å². The number of carbonyl (C=O) groups excluding carboxylic acids is 1. The highest BCUT2D eigenvalue weighted by Gasteiger charge is 2.49. The van der Waals surface area contributed by atoms with E-state index in [2.05, 4.69) is 45.9 Å². The maximum atomic E-state index is 13.0. The lowest BCUT2D eigenvalue weighted by Gasteiger charge is -2.37. The van der Waals surface area contributed by atoms with Crippen LogP contribution in [0.2, 0.25) is 0 Å². The molecular weight excluding hydrogens is 322 g/mol. The minimum atomic E-state index is -0.107. The molecule has 0 radical (unpaired) electrons. The van der Waals surface area contributed by atoms with Gasteiger partial charge in [-0.15, -0.1) is 0 Å². The van der Waals surface area contributed by atoms with Crippen LogP contribution in [0, 0.1) is 17.3 Å². The van der Waals surface area contributed by atoms with Gasteiger partial charge in [0, 0.05) is 26.2 Å². The summed E-state index contributed by atoms with van der Waals surface area (Å²) in [7, 11) is 0. The fourth-order valence-electron chi connectivity index (χ4n) is 5.32. The SMILES string of the molecule is O=C(NCC1CCN(CCc2ccccc2)C1)[C@@]12CCCC[C@H]1CNC2. The number of hydrogen-bond acceptors (Lipinski definition) is 3. The third-order valence-electron chi connectivity index (χ3n) is 6.97. The summed E-state index contributed by atoms with van der Waals surface area (Å²) in [4.78, 5) is 15.5. The van der Waals surface area contributed by atoms with E-state index in [0.717, 1.165) is 45.6 Å². The molecule has 1 saturated carbocycles. The van der Waals surface area contributed by atoms with E-state index < -0.39 is 0 Å². The van der Waals surface area contributed by atoms with Crippen molar-refractivity contribution in [3.05, 3.63) is 35.9 Å². The first-order chi connectivity index (χ1) is 12.8. The number of carbonyl (C=O) groups is 1. The fourth-order valence-corrected chi connectivity index (χ4v) is 5.32. The average molecular weight is 356 g/mol. The van der Waals surface area contributed by atoms with E-state index in [1.54, 1.807) is 0 Å². The van der Waals surface area contributed by atoms with Crippen LogP contribution in [0.15, 0.2) is 30.3 Å². The predicted molar refractivity (Wildman–Crippen MR) is 105 cm³/mol. The molecule has 2 saturated heterocycles. The Kier molecular flexibility index (Phi) is 5.60. The zero-order valence-electron chi connectivity index (χ0n) is 15.9. The van der Waals surface area contributed by atoms with E-state index in [9.17, 15) is 4.79 Å². The van der Waals surface area contributed by atoms with Gasteiger partial charge in [-0.25, -0.2) is 0 Å². The smallest absolute Gasteiger partial charge is 0.227 e. The van der Waals surface area contributed by atoms with Gasteiger partial charge in [-0.2, -0.15) is 0 Å². The minimum absolute atomic E-state index is 0.107. The third kappa shape index (κ3) is 3.81. The maximum Gasteiger partial charge on any atom is 0.227 e. The van der Waals surface area contributed by atoms with Crippen LogP contribution in [0.25, 0.3) is 0 Å². The van der Waals surface area contributed by atoms with Crippen LogP contribution in [-0.2, 0) is 11.2 Å². The van der Waals surface area contributed by atoms with Gasteiger partial charge in [0.2, 0.25) is 5.91 Å². The molecule has 0 aromatic heterocycles. The zero-order valence-corrected chi connectivity index (χ0v) is 15.9. The van der Waals surface area contributed by atoms with Crippen molar-refractivity contribution in [1.29, 1.82) is 0 Å². The van der Waals surface area contributed by atoms with Crippen LogP contribution in [-0.4, -0.2) is 50.1 Å². The Hall–Kier alpha value is -1.39. The number of fused-ring (bicyclic) bond motifs is 1. The Bertz CT molecular complexity index is 605. The lowest BCUT2D eigenvalue weighted by Crippen LogP contribution is -2.49. The van der Waals surface area contributed by atoms with E-state index in [-0.39, 0.29) is 5.41 Å². The number of nitrogens with zero attached hydrogens (tertiary/aromatic N) is 1. The molecule has 142 valence electrons. The number of nitrogens with one attached hydrogen (secondary N) is 2. The summed E-state index contributed by atoms with van der Waals surface area (Å²) in [6, 6.07) is 10.7. The summed E-state index contributed by atoms with van der Waals surface area (Å²) in [5.41, 5.74) is 1.31. The van der Waals surface area contributed by atoms with Gasteiger partial charge in [-0.05, 0) is 56.2 Å². The monoisotopic (exact) mass is 355 g/mol. The second-order valence-electron chi connectivity index (χ2n) is 8.63. The van der Waals surface area contributed by atoms with Gasteiger partial charge in [0.05, 0.1) is 5.41 Å². The van der Waals surface area contributed by atoms with Gasteiger partial charge >= 0.3 is 0 Å². The third-order valence-corrected chi connectivity index (χ3v) is 6.97. The Morgan fingerprint density at radius 3 is 3.00 bits per heavy atom. The molecule has 1 unspecified atom stereocenters. The lowest BCUT2D eigenvalue weighted by molar-refractivity contribution is -0.134. The van der Waals surface area contributed by atoms with Crippen LogP contribution < -0.4 is 10.6 Å². The van der Waals surface area contributed by atoms with Crippen molar-refractivity contribution in [3.8, 4) is 0 Å². The molecule has 4 nitrogen and oxygen atoms in total. The molecule has 3 fully saturated rings. The van der Waals surface area contributed by atoms with Crippen LogP contribution in [0.1, 0.15) is 37.7 Å². The molecule has 1 aromatic rings. The quantitative estimate of drug-likeness (QED) is 0.824. The molecule has 3 atom stereocenters. The molecule has 1 aromatic carbocycles. The number of benzene rings is 1. The molecule has 26 heavy (non-hydrogen) atoms. The average Bonchev–Trinajstić information content (AvgIpc) is 3.32. The van der Waals surface area contributed by atoms with Crippen molar-refractivity contribution in [1.82, 2.24) is 15.5 Å². The molecule has 4 rings (SSSR count). The number of amides is 1. The van der Waals surface area contributed by atoms with Crippen molar-refractivity contribution in [2.24, 2.45) is 17.3 Å². The summed E-state index contributed by atoms with van der Waals surface area (Å²) >= 11 is 0. The molecule has 3 aliphatic rings. The molecule has 1 aliphatic carbocycles. The van der Waals surface area contributed by atoms with Gasteiger partial charge < -0.3 is 15.5 Å². The lowest BCUT2D eigenvalue weighted by atomic mass is 9.67. The van der Waals surface area contributed by atoms with E-state index in [1.165, 1.54) is 37.8 Å². The van der Waals surface area contributed by atoms with Gasteiger partial charge in [-0.1, -0.05) is 43.2 Å². The molecule has 2 N–H and O–H groups in total. The van der Waals surface area contributed by atoms with Crippen molar-refractivity contribution in [2.75, 3.05) is 39.3 Å². The van der Waals surface area contributed by atoms with E-state index in [0.29, 0.717) is 17.7 Å². The van der Waals surface area contributed by atoms with Crippen molar-refractivity contribution < 1.29 is 4.79 Å². The predicted octanol–water partition coefficient (Wildman–Crippen LogP) is 2.45. The normalized spacial score (nSPS) is 31.7. The van der Waals surface area contributed by atoms with Crippen molar-refractivity contribution in [3.63, 3.8) is 0 Å². The largest absolute Gasteiger partial charge is 0.355 e. The fraction of sp³-hybridized carbons (Fsp3) is 0.682. The Labute approximate surface area is 157 Å². The first-order valence-corrected chi connectivity index (χ1v) is 10.5. The standard InChI is InChI=1S/C22H33N3O/c26-21(22-11-5-4-8-20(22)15-23-17-22)24-14-19-10-13-25(16-19)12-9-18-6-2-1-3-7-18/h1-3,6-7,19-20,23H,4-5,8-17H2,(H,24,26)/t19?,20-,22+/m0/s1. The van der Waals surface area contributed by atoms with Gasteiger partial charge in [0.1, 0.15) is 0 Å². The summed E-state index contributed by atoms with van der Waals surface area (Å²) < 4.78 is 0. The molecule has 2 aliphatic heterocycles. The van der Waals surface area contributed by atoms with Crippen LogP contribution in [0.3, 0.4) is 0 Å². The highest BCUT2D eigenvalue weighted by molar-refractivity contribution is 5.83. The van der Waals surface area contributed by atoms with Gasteiger partial charge in [-0.3, -0.25) is 4.79 Å². The van der Waals surface area contributed by atoms with Gasteiger partial charge in [0.15, 0.2) is 0 Å². The topological polar surface area (TPSA) is 44.4 Å². The second-order valence-corrected chi connectivity index (χ2v) is 8.63. The second kappa shape index (κ2) is 8.10. The Morgan fingerprint density at radius 1 is 1.23 bits per heavy atom. The first kappa shape index (κ1) is 18.0. The highest BCUT2D eigenvalue weighted by Crippen LogP contribution is 2.43. The summed E-state index contributed by atoms with van der Waals surface area (Å²) in [5.74, 6) is 1.50. The van der Waals surface area contributed by atoms with E-state index in [1.807, 2.05) is 0 Å². The molecule has 2 heterocycles. The summed E-state index contributed by atoms with van der Waals surface area (Å²) in [6.07, 6.45) is 7.13. The summed E-state index contributed by atoms with van der Waals surface area (Å²) in [5, 5.41) is 6.83. The van der Waals surface area contributed by atoms with Crippen molar-refractivity contribution in [2.45, 2.75) is 38.5 Å². The highest BCUT2D eigenvalue weighted by atomic mass is 16.2. The van der Waals surface area contributed by atoms with Crippen molar-refractivity contribution >= 4 is 5.91 Å². The zero-order chi connectivity index (χ0) is 17.8. The molecular formula is C22H33N3O. The van der Waals surface area contributed by atoms with E-state index in [4.69, 9.17) is 0 Å². The first-order valence-electron chi connectivity index (χ1n) is 10.5. The number of rotatable bonds is 6. The number of likely N-dealkylation sites (tertiary alicyclic amines) is 1. The Morgan fingerprint density at radius 2 is 2.12 bits per heavy atom. The van der Waals surface area contributed by atoms with Crippen LogP contribution >= 0.6 is 0 Å². The minimum Gasteiger partial charge on any atom is -0.355 e. The maximum absolute atomic E-state index is 13.0. The summed E-state index contributed by atoms with van der Waals surface area (Å²) in [6.45, 7) is 6.20. The van der Waals surface area contributed by atoms with E-state index >= 15 is 0 Å². The number of hydrogen-bond donors (Lipinski definition) is 2. The van der Waals surface area contributed by atoms with Crippen LogP contribution in [0.5, 0.6) is 0 Å².